The third kappa shape index (κ3) is 2.50. The Morgan fingerprint density at radius 2 is 1.81 bits per heavy atom. The van der Waals surface area contributed by atoms with Gasteiger partial charge in [-0.3, -0.25) is 0 Å². The lowest BCUT2D eigenvalue weighted by atomic mass is 9.79. The van der Waals surface area contributed by atoms with E-state index in [4.69, 9.17) is 20.9 Å². The van der Waals surface area contributed by atoms with Crippen molar-refractivity contribution in [3.05, 3.63) is 41.7 Å². The Labute approximate surface area is 130 Å². The van der Waals surface area contributed by atoms with Gasteiger partial charge in [0.05, 0.1) is 16.9 Å². The topological polar surface area (TPSA) is 36.3 Å². The second kappa shape index (κ2) is 4.87. The minimum Gasteiger partial charge on any atom is -0.399 e. The van der Waals surface area contributed by atoms with Gasteiger partial charge in [-0.1, -0.05) is 17.7 Å². The van der Waals surface area contributed by atoms with Gasteiger partial charge >= 0.3 is 7.12 Å². The molecule has 1 fully saturated rings. The lowest BCUT2D eigenvalue weighted by molar-refractivity contribution is 0.00578. The normalized spacial score (nSPS) is 20.0. The molecule has 0 N–H and O–H groups in total. The molecule has 21 heavy (non-hydrogen) atoms. The zero-order chi connectivity index (χ0) is 15.3. The highest BCUT2D eigenvalue weighted by atomic mass is 35.5. The van der Waals surface area contributed by atoms with E-state index in [2.05, 4.69) is 5.10 Å². The predicted molar refractivity (Wildman–Crippen MR) is 84.3 cm³/mol. The van der Waals surface area contributed by atoms with E-state index in [-0.39, 0.29) is 11.2 Å². The van der Waals surface area contributed by atoms with E-state index in [0.29, 0.717) is 5.02 Å². The van der Waals surface area contributed by atoms with Crippen molar-refractivity contribution in [2.45, 2.75) is 38.9 Å². The second-order valence-corrected chi connectivity index (χ2v) is 6.65. The van der Waals surface area contributed by atoms with E-state index in [1.54, 1.807) is 10.9 Å². The first-order valence-electron chi connectivity index (χ1n) is 6.95. The molecule has 1 aromatic carbocycles. The monoisotopic (exact) mass is 304 g/mol. The van der Waals surface area contributed by atoms with E-state index < -0.39 is 7.12 Å². The van der Waals surface area contributed by atoms with Gasteiger partial charge in [0.2, 0.25) is 0 Å². The fraction of sp³-hybridized carbons (Fsp3) is 0.400. The molecule has 0 aliphatic carbocycles. The average molecular weight is 305 g/mol. The number of halogens is 1. The lowest BCUT2D eigenvalue weighted by Gasteiger charge is -2.32. The summed E-state index contributed by atoms with van der Waals surface area (Å²) in [5, 5.41) is 4.81. The second-order valence-electron chi connectivity index (χ2n) is 6.24. The van der Waals surface area contributed by atoms with Crippen molar-refractivity contribution in [3.63, 3.8) is 0 Å². The maximum absolute atomic E-state index is 6.41. The minimum absolute atomic E-state index is 0.373. The molecule has 1 saturated heterocycles. The molecule has 3 rings (SSSR count). The standard InChI is InChI=1S/C15H18BClN2O2/c1-14(2)15(3,4)21-16(20-14)12-7-6-11(10-13(12)17)19-9-5-8-18-19/h5-10H,1-4H3. The van der Waals surface area contributed by atoms with Crippen LogP contribution in [-0.2, 0) is 9.31 Å². The molecule has 6 heteroatoms. The summed E-state index contributed by atoms with van der Waals surface area (Å²) in [6, 6.07) is 7.63. The van der Waals surface area contributed by atoms with Crippen molar-refractivity contribution in [2.24, 2.45) is 0 Å². The van der Waals surface area contributed by atoms with Crippen LogP contribution in [-0.4, -0.2) is 28.1 Å². The summed E-state index contributed by atoms with van der Waals surface area (Å²) in [5.74, 6) is 0. The molecule has 0 unspecified atom stereocenters. The van der Waals surface area contributed by atoms with Crippen LogP contribution in [0.2, 0.25) is 5.02 Å². The van der Waals surface area contributed by atoms with E-state index in [0.717, 1.165) is 11.2 Å². The zero-order valence-corrected chi connectivity index (χ0v) is 13.4. The summed E-state index contributed by atoms with van der Waals surface area (Å²) in [6.45, 7) is 8.11. The highest BCUT2D eigenvalue weighted by Gasteiger charge is 2.52. The molecule has 0 spiro atoms. The SMILES string of the molecule is CC1(C)OB(c2ccc(-n3cccn3)cc2Cl)OC1(C)C. The van der Waals surface area contributed by atoms with Gasteiger partial charge in [-0.05, 0) is 45.9 Å². The summed E-state index contributed by atoms with van der Waals surface area (Å²) in [5.41, 5.74) is 1.00. The Balaban J connectivity index is 1.91. The van der Waals surface area contributed by atoms with Gasteiger partial charge in [-0.15, -0.1) is 0 Å². The van der Waals surface area contributed by atoms with Crippen LogP contribution >= 0.6 is 11.6 Å². The zero-order valence-electron chi connectivity index (χ0n) is 12.6. The fourth-order valence-corrected chi connectivity index (χ4v) is 2.51. The molecule has 110 valence electrons. The number of hydrogen-bond acceptors (Lipinski definition) is 3. The quantitative estimate of drug-likeness (QED) is 0.801. The maximum atomic E-state index is 6.41. The van der Waals surface area contributed by atoms with Gasteiger partial charge in [0.25, 0.3) is 0 Å². The molecule has 1 aliphatic rings. The van der Waals surface area contributed by atoms with Crippen molar-refractivity contribution in [3.8, 4) is 5.69 Å². The Morgan fingerprint density at radius 3 is 2.33 bits per heavy atom. The highest BCUT2D eigenvalue weighted by Crippen LogP contribution is 2.37. The van der Waals surface area contributed by atoms with Gasteiger partial charge in [-0.2, -0.15) is 5.10 Å². The van der Waals surface area contributed by atoms with Crippen LogP contribution in [0.1, 0.15) is 27.7 Å². The summed E-state index contributed by atoms with van der Waals surface area (Å²) in [7, 11) is -0.450. The van der Waals surface area contributed by atoms with E-state index >= 15 is 0 Å². The largest absolute Gasteiger partial charge is 0.496 e. The Kier molecular flexibility index (Phi) is 3.39. The molecule has 0 saturated carbocycles. The Bertz CT molecular complexity index is 640. The fourth-order valence-electron chi connectivity index (χ4n) is 2.24. The number of hydrogen-bond donors (Lipinski definition) is 0. The maximum Gasteiger partial charge on any atom is 0.496 e. The first kappa shape index (κ1) is 14.6. The van der Waals surface area contributed by atoms with Crippen molar-refractivity contribution < 1.29 is 9.31 Å². The summed E-state index contributed by atoms with van der Waals surface area (Å²) in [6.07, 6.45) is 3.61. The summed E-state index contributed by atoms with van der Waals surface area (Å²) >= 11 is 6.41. The van der Waals surface area contributed by atoms with Crippen LogP contribution in [0.3, 0.4) is 0 Å². The molecule has 2 heterocycles. The molecular formula is C15H18BClN2O2. The predicted octanol–water partition coefficient (Wildman–Crippen LogP) is 2.82. The molecule has 0 amide bonds. The van der Waals surface area contributed by atoms with E-state index in [1.165, 1.54) is 0 Å². The van der Waals surface area contributed by atoms with Crippen LogP contribution in [0.5, 0.6) is 0 Å². The third-order valence-corrected chi connectivity index (χ3v) is 4.59. The molecule has 1 aliphatic heterocycles. The minimum atomic E-state index is -0.450. The first-order chi connectivity index (χ1) is 9.80. The molecular weight excluding hydrogens is 286 g/mol. The van der Waals surface area contributed by atoms with Crippen LogP contribution in [0.25, 0.3) is 5.69 Å². The van der Waals surface area contributed by atoms with E-state index in [1.807, 2.05) is 58.2 Å². The molecule has 0 bridgehead atoms. The van der Waals surface area contributed by atoms with Crippen molar-refractivity contribution in [1.82, 2.24) is 9.78 Å². The number of aromatic nitrogens is 2. The van der Waals surface area contributed by atoms with Gasteiger partial charge in [0.15, 0.2) is 0 Å². The molecule has 1 aromatic heterocycles. The Hall–Kier alpha value is -1.30. The number of benzene rings is 1. The lowest BCUT2D eigenvalue weighted by Crippen LogP contribution is -2.41. The molecule has 4 nitrogen and oxygen atoms in total. The Morgan fingerprint density at radius 1 is 1.14 bits per heavy atom. The highest BCUT2D eigenvalue weighted by molar-refractivity contribution is 6.65. The first-order valence-corrected chi connectivity index (χ1v) is 7.33. The van der Waals surface area contributed by atoms with Gasteiger partial charge in [0.1, 0.15) is 0 Å². The van der Waals surface area contributed by atoms with E-state index in [9.17, 15) is 0 Å². The van der Waals surface area contributed by atoms with Crippen LogP contribution in [0.4, 0.5) is 0 Å². The van der Waals surface area contributed by atoms with Gasteiger partial charge in [-0.25, -0.2) is 4.68 Å². The molecule has 2 aromatic rings. The smallest absolute Gasteiger partial charge is 0.399 e. The molecule has 0 radical (unpaired) electrons. The molecule has 0 atom stereocenters. The van der Waals surface area contributed by atoms with Crippen molar-refractivity contribution in [1.29, 1.82) is 0 Å². The van der Waals surface area contributed by atoms with Crippen LogP contribution in [0, 0.1) is 0 Å². The van der Waals surface area contributed by atoms with Crippen LogP contribution < -0.4 is 5.46 Å². The summed E-state index contributed by atoms with van der Waals surface area (Å²) in [4.78, 5) is 0. The van der Waals surface area contributed by atoms with Crippen molar-refractivity contribution in [2.75, 3.05) is 0 Å². The number of rotatable bonds is 2. The van der Waals surface area contributed by atoms with Crippen molar-refractivity contribution >= 4 is 24.2 Å². The summed E-state index contributed by atoms with van der Waals surface area (Å²) < 4.78 is 13.8. The number of nitrogens with zero attached hydrogens (tertiary/aromatic N) is 2. The third-order valence-electron chi connectivity index (χ3n) is 4.26. The van der Waals surface area contributed by atoms with Crippen LogP contribution in [0.15, 0.2) is 36.7 Å². The van der Waals surface area contributed by atoms with Gasteiger partial charge in [0, 0.05) is 22.9 Å². The average Bonchev–Trinajstić information content (AvgIpc) is 2.96. The van der Waals surface area contributed by atoms with Gasteiger partial charge < -0.3 is 9.31 Å².